The highest BCUT2D eigenvalue weighted by Crippen LogP contribution is 2.51. The molecular weight excluding hydrogens is 338 g/mol. The summed E-state index contributed by atoms with van der Waals surface area (Å²) in [5.41, 5.74) is 1.44. The van der Waals surface area contributed by atoms with Crippen molar-refractivity contribution in [2.45, 2.75) is 123 Å². The molecule has 0 aliphatic heterocycles. The third-order valence-corrected chi connectivity index (χ3v) is 8.70. The number of unbranched alkanes of at least 4 members (excludes halogenated alkanes) is 2. The van der Waals surface area contributed by atoms with Gasteiger partial charge in [-0.2, -0.15) is 5.26 Å². The lowest BCUT2D eigenvalue weighted by Gasteiger charge is -2.42. The average molecular weight is 384 g/mol. The fourth-order valence-electron chi connectivity index (χ4n) is 6.73. The summed E-state index contributed by atoms with van der Waals surface area (Å²) in [6.45, 7) is 4.62. The van der Waals surface area contributed by atoms with Gasteiger partial charge in [-0.15, -0.1) is 0 Å². The monoisotopic (exact) mass is 383 g/mol. The summed E-state index contributed by atoms with van der Waals surface area (Å²) in [6.07, 6.45) is 25.5. The molecule has 1 atom stereocenters. The van der Waals surface area contributed by atoms with Crippen molar-refractivity contribution in [1.29, 1.82) is 5.26 Å². The minimum absolute atomic E-state index is 0.0922. The molecule has 3 rings (SSSR count). The van der Waals surface area contributed by atoms with Crippen molar-refractivity contribution in [1.82, 2.24) is 0 Å². The number of allylic oxidation sites excluding steroid dienone is 2. The summed E-state index contributed by atoms with van der Waals surface area (Å²) in [5.74, 6) is 3.78. The van der Waals surface area contributed by atoms with Crippen LogP contribution in [0.15, 0.2) is 11.6 Å². The standard InChI is InChI=1S/C27H45N/c1-3-5-6-8-23-9-13-24(14-10-23)25-17-19-27(21-28,20-18-25)26-15-11-22(7-4-2)12-16-26/h15,22-25H,3-14,16-20H2,1-2H3/t22-,23?,24?,25?,27?/m0/s1. The Bertz CT molecular complexity index is 523. The molecule has 0 aromatic heterocycles. The minimum atomic E-state index is -0.0922. The molecule has 1 heteroatoms. The number of rotatable bonds is 8. The first-order valence-corrected chi connectivity index (χ1v) is 12.8. The van der Waals surface area contributed by atoms with Crippen LogP contribution in [0.2, 0.25) is 0 Å². The van der Waals surface area contributed by atoms with E-state index in [0.29, 0.717) is 0 Å². The molecule has 2 saturated carbocycles. The highest BCUT2D eigenvalue weighted by molar-refractivity contribution is 5.26. The molecule has 0 N–H and O–H groups in total. The molecule has 0 spiro atoms. The van der Waals surface area contributed by atoms with E-state index in [2.05, 4.69) is 26.0 Å². The van der Waals surface area contributed by atoms with Crippen LogP contribution in [-0.2, 0) is 0 Å². The van der Waals surface area contributed by atoms with Crippen molar-refractivity contribution in [2.75, 3.05) is 0 Å². The summed E-state index contributed by atoms with van der Waals surface area (Å²) >= 11 is 0. The first kappa shape index (κ1) is 21.9. The molecular formula is C27H45N. The zero-order valence-electron chi connectivity index (χ0n) is 18.9. The fourth-order valence-corrected chi connectivity index (χ4v) is 6.73. The van der Waals surface area contributed by atoms with E-state index in [-0.39, 0.29) is 5.41 Å². The minimum Gasteiger partial charge on any atom is -0.197 e. The van der Waals surface area contributed by atoms with E-state index in [0.717, 1.165) is 36.5 Å². The predicted molar refractivity (Wildman–Crippen MR) is 120 cm³/mol. The van der Waals surface area contributed by atoms with Crippen LogP contribution in [0.25, 0.3) is 0 Å². The lowest BCUT2D eigenvalue weighted by atomic mass is 9.61. The van der Waals surface area contributed by atoms with Crippen LogP contribution >= 0.6 is 0 Å². The number of nitriles is 1. The van der Waals surface area contributed by atoms with Crippen LogP contribution in [0.5, 0.6) is 0 Å². The Hall–Kier alpha value is -0.770. The summed E-state index contributed by atoms with van der Waals surface area (Å²) in [5, 5.41) is 10.1. The molecule has 0 heterocycles. The second-order valence-electron chi connectivity index (χ2n) is 10.5. The Balaban J connectivity index is 1.46. The van der Waals surface area contributed by atoms with Gasteiger partial charge in [0.25, 0.3) is 0 Å². The molecule has 0 amide bonds. The van der Waals surface area contributed by atoms with Gasteiger partial charge in [-0.05, 0) is 81.5 Å². The summed E-state index contributed by atoms with van der Waals surface area (Å²) in [4.78, 5) is 0. The lowest BCUT2D eigenvalue weighted by Crippen LogP contribution is -2.33. The maximum absolute atomic E-state index is 10.1. The first-order valence-electron chi connectivity index (χ1n) is 12.8. The molecule has 0 radical (unpaired) electrons. The summed E-state index contributed by atoms with van der Waals surface area (Å²) in [6, 6.07) is 2.82. The molecule has 0 aromatic carbocycles. The molecule has 0 bridgehead atoms. The lowest BCUT2D eigenvalue weighted by molar-refractivity contribution is 0.130. The molecule has 1 nitrogen and oxygen atoms in total. The van der Waals surface area contributed by atoms with E-state index >= 15 is 0 Å². The second kappa shape index (κ2) is 10.8. The van der Waals surface area contributed by atoms with Crippen molar-refractivity contribution < 1.29 is 0 Å². The average Bonchev–Trinajstić information content (AvgIpc) is 2.75. The van der Waals surface area contributed by atoms with Gasteiger partial charge >= 0.3 is 0 Å². The Labute approximate surface area is 175 Å². The third kappa shape index (κ3) is 5.43. The Kier molecular flexibility index (Phi) is 8.50. The molecule has 0 saturated heterocycles. The Morgan fingerprint density at radius 3 is 2.14 bits per heavy atom. The number of nitrogens with zero attached hydrogens (tertiary/aromatic N) is 1. The Morgan fingerprint density at radius 1 is 0.857 bits per heavy atom. The number of hydrogen-bond acceptors (Lipinski definition) is 1. The normalized spacial score (nSPS) is 36.5. The zero-order valence-corrected chi connectivity index (χ0v) is 18.9. The number of hydrogen-bond donors (Lipinski definition) is 0. The van der Waals surface area contributed by atoms with Gasteiger partial charge in [0.2, 0.25) is 0 Å². The van der Waals surface area contributed by atoms with Gasteiger partial charge in [0.1, 0.15) is 0 Å². The van der Waals surface area contributed by atoms with Crippen molar-refractivity contribution in [3.8, 4) is 6.07 Å². The van der Waals surface area contributed by atoms with Crippen molar-refractivity contribution in [2.24, 2.45) is 29.1 Å². The van der Waals surface area contributed by atoms with Gasteiger partial charge < -0.3 is 0 Å². The van der Waals surface area contributed by atoms with E-state index in [4.69, 9.17) is 0 Å². The maximum Gasteiger partial charge on any atom is 0.0782 e. The second-order valence-corrected chi connectivity index (χ2v) is 10.5. The van der Waals surface area contributed by atoms with Gasteiger partial charge in [0.15, 0.2) is 0 Å². The van der Waals surface area contributed by atoms with Crippen LogP contribution < -0.4 is 0 Å². The molecule has 3 aliphatic rings. The highest BCUT2D eigenvalue weighted by Gasteiger charge is 2.41. The van der Waals surface area contributed by atoms with Crippen LogP contribution in [0.1, 0.15) is 123 Å². The van der Waals surface area contributed by atoms with Gasteiger partial charge in [0.05, 0.1) is 11.5 Å². The molecule has 2 fully saturated rings. The topological polar surface area (TPSA) is 23.8 Å². The van der Waals surface area contributed by atoms with Gasteiger partial charge in [0, 0.05) is 0 Å². The summed E-state index contributed by atoms with van der Waals surface area (Å²) < 4.78 is 0. The molecule has 28 heavy (non-hydrogen) atoms. The van der Waals surface area contributed by atoms with Crippen molar-refractivity contribution in [3.63, 3.8) is 0 Å². The van der Waals surface area contributed by atoms with E-state index in [1.165, 1.54) is 102 Å². The van der Waals surface area contributed by atoms with Gasteiger partial charge in [-0.3, -0.25) is 0 Å². The van der Waals surface area contributed by atoms with E-state index < -0.39 is 0 Å². The molecule has 158 valence electrons. The van der Waals surface area contributed by atoms with E-state index in [9.17, 15) is 5.26 Å². The van der Waals surface area contributed by atoms with Gasteiger partial charge in [-0.25, -0.2) is 0 Å². The molecule has 0 aromatic rings. The van der Waals surface area contributed by atoms with Crippen LogP contribution in [-0.4, -0.2) is 0 Å². The SMILES string of the molecule is CCCCCC1CCC(C2CCC(C#N)(C3=CC[C@H](CCC)CC3)CC2)CC1. The van der Waals surface area contributed by atoms with Crippen LogP contribution in [0.4, 0.5) is 0 Å². The quantitative estimate of drug-likeness (QED) is 0.304. The Morgan fingerprint density at radius 2 is 1.57 bits per heavy atom. The largest absolute Gasteiger partial charge is 0.197 e. The summed E-state index contributed by atoms with van der Waals surface area (Å²) in [7, 11) is 0. The van der Waals surface area contributed by atoms with Gasteiger partial charge in [-0.1, -0.05) is 76.9 Å². The smallest absolute Gasteiger partial charge is 0.0782 e. The van der Waals surface area contributed by atoms with Crippen molar-refractivity contribution in [3.05, 3.63) is 11.6 Å². The van der Waals surface area contributed by atoms with E-state index in [1.807, 2.05) is 0 Å². The van der Waals surface area contributed by atoms with Crippen molar-refractivity contribution >= 4 is 0 Å². The maximum atomic E-state index is 10.1. The zero-order chi connectivity index (χ0) is 19.8. The van der Waals surface area contributed by atoms with E-state index in [1.54, 1.807) is 0 Å². The van der Waals surface area contributed by atoms with Crippen LogP contribution in [0.3, 0.4) is 0 Å². The third-order valence-electron chi connectivity index (χ3n) is 8.70. The fraction of sp³-hybridized carbons (Fsp3) is 0.889. The molecule has 0 unspecified atom stereocenters. The van der Waals surface area contributed by atoms with Crippen LogP contribution in [0, 0.1) is 40.4 Å². The highest BCUT2D eigenvalue weighted by atomic mass is 14.5. The molecule has 3 aliphatic carbocycles. The predicted octanol–water partition coefficient (Wildman–Crippen LogP) is 8.60. The first-order chi connectivity index (χ1) is 13.7.